The Balaban J connectivity index is 2.75. The third-order valence-corrected chi connectivity index (χ3v) is 5.28. The molecule has 0 fully saturated rings. The molecule has 1 aliphatic heterocycles. The summed E-state index contributed by atoms with van der Waals surface area (Å²) in [5, 5.41) is 9.39. The SMILES string of the molecule is CC(O)C1=Cc2cccc(Br)c2S1(=O)=O. The lowest BCUT2D eigenvalue weighted by Gasteiger charge is -2.06. The van der Waals surface area contributed by atoms with E-state index in [1.807, 2.05) is 0 Å². The molecule has 1 atom stereocenters. The first-order chi connectivity index (χ1) is 6.94. The zero-order valence-electron chi connectivity index (χ0n) is 7.94. The molecule has 1 aromatic carbocycles. The molecular formula is C10H9BrO3S. The maximum absolute atomic E-state index is 12.0. The highest BCUT2D eigenvalue weighted by molar-refractivity contribution is 9.10. The van der Waals surface area contributed by atoms with Gasteiger partial charge in [-0.1, -0.05) is 12.1 Å². The van der Waals surface area contributed by atoms with Crippen molar-refractivity contribution in [2.45, 2.75) is 17.9 Å². The number of aliphatic hydroxyl groups excluding tert-OH is 1. The van der Waals surface area contributed by atoms with Gasteiger partial charge in [0.05, 0.1) is 15.9 Å². The van der Waals surface area contributed by atoms with E-state index in [2.05, 4.69) is 15.9 Å². The van der Waals surface area contributed by atoms with Crippen molar-refractivity contribution in [3.05, 3.63) is 33.1 Å². The molecule has 2 rings (SSSR count). The van der Waals surface area contributed by atoms with Gasteiger partial charge in [0, 0.05) is 4.47 Å². The molecule has 0 aliphatic carbocycles. The summed E-state index contributed by atoms with van der Waals surface area (Å²) in [6.45, 7) is 1.45. The summed E-state index contributed by atoms with van der Waals surface area (Å²) < 4.78 is 24.5. The topological polar surface area (TPSA) is 54.4 Å². The standard InChI is InChI=1S/C10H9BrO3S/c1-6(12)9-5-7-3-2-4-8(11)10(7)15(9,13)14/h2-6,12H,1H3. The van der Waals surface area contributed by atoms with Crippen molar-refractivity contribution in [2.24, 2.45) is 0 Å². The summed E-state index contributed by atoms with van der Waals surface area (Å²) in [6.07, 6.45) is 0.536. The maximum atomic E-state index is 12.0. The molecule has 0 saturated heterocycles. The molecular weight excluding hydrogens is 280 g/mol. The lowest BCUT2D eigenvalue weighted by atomic mass is 10.2. The van der Waals surface area contributed by atoms with Crippen LogP contribution in [-0.2, 0) is 9.84 Å². The van der Waals surface area contributed by atoms with E-state index in [-0.39, 0.29) is 9.80 Å². The van der Waals surface area contributed by atoms with Crippen molar-refractivity contribution in [2.75, 3.05) is 0 Å². The molecule has 1 aromatic rings. The van der Waals surface area contributed by atoms with E-state index in [1.54, 1.807) is 18.2 Å². The Morgan fingerprint density at radius 3 is 2.60 bits per heavy atom. The average molecular weight is 289 g/mol. The number of benzene rings is 1. The molecule has 0 bridgehead atoms. The Morgan fingerprint density at radius 2 is 2.07 bits per heavy atom. The second-order valence-electron chi connectivity index (χ2n) is 3.38. The number of hydrogen-bond donors (Lipinski definition) is 1. The monoisotopic (exact) mass is 288 g/mol. The zero-order chi connectivity index (χ0) is 11.2. The fourth-order valence-electron chi connectivity index (χ4n) is 1.62. The van der Waals surface area contributed by atoms with Gasteiger partial charge < -0.3 is 5.11 Å². The van der Waals surface area contributed by atoms with Crippen LogP contribution in [-0.4, -0.2) is 19.6 Å². The van der Waals surface area contributed by atoms with Gasteiger partial charge in [0.2, 0.25) is 9.84 Å². The first-order valence-corrected chi connectivity index (χ1v) is 6.65. The Bertz CT molecular complexity index is 544. The lowest BCUT2D eigenvalue weighted by Crippen LogP contribution is -2.12. The number of halogens is 1. The fourth-order valence-corrected chi connectivity index (χ4v) is 4.37. The second kappa shape index (κ2) is 3.43. The Kier molecular flexibility index (Phi) is 2.48. The number of rotatable bonds is 1. The minimum Gasteiger partial charge on any atom is -0.388 e. The van der Waals surface area contributed by atoms with Crippen LogP contribution in [0.1, 0.15) is 12.5 Å². The Labute approximate surface area is 96.5 Å². The van der Waals surface area contributed by atoms with E-state index in [9.17, 15) is 13.5 Å². The summed E-state index contributed by atoms with van der Waals surface area (Å²) in [7, 11) is -3.51. The van der Waals surface area contributed by atoms with E-state index in [1.165, 1.54) is 13.0 Å². The Morgan fingerprint density at radius 1 is 1.40 bits per heavy atom. The molecule has 0 amide bonds. The van der Waals surface area contributed by atoms with Gasteiger partial charge >= 0.3 is 0 Å². The van der Waals surface area contributed by atoms with Crippen LogP contribution in [0.5, 0.6) is 0 Å². The van der Waals surface area contributed by atoms with Crippen molar-refractivity contribution in [1.29, 1.82) is 0 Å². The van der Waals surface area contributed by atoms with Crippen molar-refractivity contribution >= 4 is 31.8 Å². The number of sulfone groups is 1. The van der Waals surface area contributed by atoms with Gasteiger partial charge in [-0.15, -0.1) is 0 Å². The molecule has 5 heteroatoms. The van der Waals surface area contributed by atoms with Crippen molar-refractivity contribution in [3.8, 4) is 0 Å². The van der Waals surface area contributed by atoms with E-state index in [0.717, 1.165) is 0 Å². The molecule has 0 radical (unpaired) electrons. The highest BCUT2D eigenvalue weighted by Crippen LogP contribution is 2.38. The number of aliphatic hydroxyl groups is 1. The minimum absolute atomic E-state index is 0.0596. The van der Waals surface area contributed by atoms with Crippen LogP contribution in [0.4, 0.5) is 0 Å². The van der Waals surface area contributed by atoms with E-state index >= 15 is 0 Å². The van der Waals surface area contributed by atoms with Gasteiger partial charge in [0.25, 0.3) is 0 Å². The lowest BCUT2D eigenvalue weighted by molar-refractivity contribution is 0.240. The van der Waals surface area contributed by atoms with E-state index in [0.29, 0.717) is 10.0 Å². The van der Waals surface area contributed by atoms with Crippen LogP contribution in [0, 0.1) is 0 Å². The second-order valence-corrected chi connectivity index (χ2v) is 6.13. The predicted molar refractivity (Wildman–Crippen MR) is 61.0 cm³/mol. The van der Waals surface area contributed by atoms with Crippen LogP contribution in [0.3, 0.4) is 0 Å². The van der Waals surface area contributed by atoms with E-state index in [4.69, 9.17) is 0 Å². The molecule has 80 valence electrons. The third-order valence-electron chi connectivity index (χ3n) is 2.29. The third kappa shape index (κ3) is 1.55. The molecule has 1 heterocycles. The Hall–Kier alpha value is -0.650. The summed E-state index contributed by atoms with van der Waals surface area (Å²) >= 11 is 3.21. The normalized spacial score (nSPS) is 19.5. The molecule has 0 spiro atoms. The molecule has 0 saturated carbocycles. The maximum Gasteiger partial charge on any atom is 0.207 e. The van der Waals surface area contributed by atoms with Gasteiger partial charge in [-0.2, -0.15) is 0 Å². The molecule has 15 heavy (non-hydrogen) atoms. The van der Waals surface area contributed by atoms with Crippen molar-refractivity contribution < 1.29 is 13.5 Å². The molecule has 1 N–H and O–H groups in total. The quantitative estimate of drug-likeness (QED) is 0.859. The summed E-state index contributed by atoms with van der Waals surface area (Å²) in [5.74, 6) is 0. The molecule has 1 unspecified atom stereocenters. The average Bonchev–Trinajstić information content (AvgIpc) is 2.39. The molecule has 0 aromatic heterocycles. The smallest absolute Gasteiger partial charge is 0.207 e. The first kappa shape index (κ1) is 10.9. The summed E-state index contributed by atoms with van der Waals surface area (Å²) in [5.41, 5.74) is 0.625. The minimum atomic E-state index is -3.51. The molecule has 1 aliphatic rings. The van der Waals surface area contributed by atoms with E-state index < -0.39 is 15.9 Å². The van der Waals surface area contributed by atoms with Gasteiger partial charge in [0.1, 0.15) is 0 Å². The number of hydrogen-bond acceptors (Lipinski definition) is 3. The van der Waals surface area contributed by atoms with Gasteiger partial charge in [-0.25, -0.2) is 8.42 Å². The zero-order valence-corrected chi connectivity index (χ0v) is 10.3. The predicted octanol–water partition coefficient (Wildman–Crippen LogP) is 1.96. The van der Waals surface area contributed by atoms with Crippen molar-refractivity contribution in [3.63, 3.8) is 0 Å². The first-order valence-electron chi connectivity index (χ1n) is 4.38. The summed E-state index contributed by atoms with van der Waals surface area (Å²) in [6, 6.07) is 5.15. The van der Waals surface area contributed by atoms with Crippen LogP contribution in [0.2, 0.25) is 0 Å². The van der Waals surface area contributed by atoms with Gasteiger partial charge in [-0.3, -0.25) is 0 Å². The largest absolute Gasteiger partial charge is 0.388 e. The van der Waals surface area contributed by atoms with Gasteiger partial charge in [0.15, 0.2) is 0 Å². The van der Waals surface area contributed by atoms with Crippen LogP contribution < -0.4 is 0 Å². The van der Waals surface area contributed by atoms with Crippen LogP contribution in [0.15, 0.2) is 32.5 Å². The molecule has 3 nitrogen and oxygen atoms in total. The van der Waals surface area contributed by atoms with Crippen LogP contribution >= 0.6 is 15.9 Å². The fraction of sp³-hybridized carbons (Fsp3) is 0.200. The highest BCUT2D eigenvalue weighted by atomic mass is 79.9. The van der Waals surface area contributed by atoms with Gasteiger partial charge in [-0.05, 0) is 40.6 Å². The number of fused-ring (bicyclic) bond motifs is 1. The van der Waals surface area contributed by atoms with Crippen molar-refractivity contribution in [1.82, 2.24) is 0 Å². The highest BCUT2D eigenvalue weighted by Gasteiger charge is 2.33. The van der Waals surface area contributed by atoms with Crippen LogP contribution in [0.25, 0.3) is 6.08 Å². The summed E-state index contributed by atoms with van der Waals surface area (Å²) in [4.78, 5) is 0.310.